The van der Waals surface area contributed by atoms with E-state index < -0.39 is 0 Å². The summed E-state index contributed by atoms with van der Waals surface area (Å²) in [7, 11) is 0. The number of hydrogen-bond donors (Lipinski definition) is 0. The fraction of sp³-hybridized carbons (Fsp3) is 0.688. The molecule has 0 saturated carbocycles. The van der Waals surface area contributed by atoms with Gasteiger partial charge in [-0.25, -0.2) is 28.8 Å². The highest BCUT2D eigenvalue weighted by atomic mass is 16.6. The van der Waals surface area contributed by atoms with Crippen LogP contribution in [0.4, 0.5) is 0 Å². The lowest BCUT2D eigenvalue weighted by molar-refractivity contribution is 0.0406. The van der Waals surface area contributed by atoms with Gasteiger partial charge in [-0.3, -0.25) is 0 Å². The van der Waals surface area contributed by atoms with Gasteiger partial charge < -0.3 is 28.4 Å². The van der Waals surface area contributed by atoms with E-state index in [1.165, 1.54) is 57.8 Å². The molecule has 0 aliphatic rings. The Labute approximate surface area is 541 Å². The van der Waals surface area contributed by atoms with Gasteiger partial charge in [0.2, 0.25) is 0 Å². The minimum atomic E-state index is -0.374. The molecule has 0 radical (unpaired) electrons. The largest absolute Gasteiger partial charge is 0.462 e. The van der Waals surface area contributed by atoms with Gasteiger partial charge in [-0.15, -0.1) is 0 Å². The zero-order valence-electron chi connectivity index (χ0n) is 58.0. The minimum Gasteiger partial charge on any atom is -0.462 e. The molecule has 0 aliphatic carbocycles. The van der Waals surface area contributed by atoms with Crippen LogP contribution in [0.15, 0.2) is 72.8 Å². The van der Waals surface area contributed by atoms with E-state index in [1.807, 2.05) is 0 Å². The highest BCUT2D eigenvalue weighted by molar-refractivity contribution is 5.97. The zero-order chi connectivity index (χ0) is 65.9. The van der Waals surface area contributed by atoms with Crippen molar-refractivity contribution in [2.45, 2.75) is 269 Å². The molecule has 0 spiro atoms. The van der Waals surface area contributed by atoms with Crippen LogP contribution in [0.5, 0.6) is 0 Å². The number of benzene rings is 3. The third-order valence-electron chi connectivity index (χ3n) is 17.0. The van der Waals surface area contributed by atoms with Crippen LogP contribution in [0.25, 0.3) is 0 Å². The summed E-state index contributed by atoms with van der Waals surface area (Å²) in [6, 6.07) is 20.0. The average Bonchev–Trinajstić information content (AvgIpc) is 3.77. The Hall–Kier alpha value is -5.52. The van der Waals surface area contributed by atoms with E-state index in [0.29, 0.717) is 109 Å². The Morgan fingerprint density at radius 2 is 0.438 bits per heavy atom. The van der Waals surface area contributed by atoms with E-state index >= 15 is 0 Å². The first-order valence-corrected chi connectivity index (χ1v) is 35.5. The van der Waals surface area contributed by atoms with E-state index in [0.717, 1.165) is 128 Å². The predicted molar refractivity (Wildman–Crippen MR) is 364 cm³/mol. The average molecular weight is 1240 g/mol. The van der Waals surface area contributed by atoms with Gasteiger partial charge >= 0.3 is 35.8 Å². The lowest BCUT2D eigenvalue weighted by Crippen LogP contribution is -2.16. The standard InChI is InChI=1S/C27H44O4.2C25H40O4/c1-5-9-11-16-23(14-8-4)21-31-27(29)25-18-12-17-24(19-25)26(28)30-20-22(13-7-3)15-10-6-2;2*1-5-9-11-14-21(8-4)19-29-25(27)23-16-12-15-22(17-23)24(26)28-18-20(7-3)13-10-6-2/h12,17-19,22-23H,5-11,13-16,20-21H2,1-4H3;2*12,15-17,20-21H,5-11,13-14,18-19H2,1-4H3. The molecular formula is C77H124O12. The first kappa shape index (κ1) is 81.5. The molecule has 6 unspecified atom stereocenters. The van der Waals surface area contributed by atoms with Gasteiger partial charge in [0, 0.05) is 0 Å². The maximum atomic E-state index is 12.6. The van der Waals surface area contributed by atoms with Crippen LogP contribution in [-0.2, 0) is 28.4 Å². The van der Waals surface area contributed by atoms with Gasteiger partial charge in [0.25, 0.3) is 0 Å². The van der Waals surface area contributed by atoms with Crippen LogP contribution in [0, 0.1) is 35.5 Å². The molecule has 0 aliphatic heterocycles. The number of carbonyl (C=O) groups excluding carboxylic acids is 6. The van der Waals surface area contributed by atoms with Crippen LogP contribution < -0.4 is 0 Å². The van der Waals surface area contributed by atoms with Crippen molar-refractivity contribution < 1.29 is 57.2 Å². The first-order valence-electron chi connectivity index (χ1n) is 35.5. The third kappa shape index (κ3) is 37.4. The van der Waals surface area contributed by atoms with Gasteiger partial charge in [0.15, 0.2) is 0 Å². The number of hydrogen-bond acceptors (Lipinski definition) is 12. The lowest BCUT2D eigenvalue weighted by Gasteiger charge is -2.17. The Balaban J connectivity index is 0.000000668. The van der Waals surface area contributed by atoms with Crippen molar-refractivity contribution in [3.63, 3.8) is 0 Å². The molecule has 0 bridgehead atoms. The number of esters is 6. The van der Waals surface area contributed by atoms with Crippen molar-refractivity contribution in [3.8, 4) is 0 Å². The normalized spacial score (nSPS) is 12.9. The van der Waals surface area contributed by atoms with E-state index in [-0.39, 0.29) is 35.8 Å². The van der Waals surface area contributed by atoms with Crippen LogP contribution in [0.2, 0.25) is 0 Å². The Morgan fingerprint density at radius 1 is 0.247 bits per heavy atom. The van der Waals surface area contributed by atoms with E-state index in [9.17, 15) is 28.8 Å². The van der Waals surface area contributed by atoms with Crippen LogP contribution >= 0.6 is 0 Å². The molecule has 12 nitrogen and oxygen atoms in total. The molecule has 12 heteroatoms. The second-order valence-electron chi connectivity index (χ2n) is 24.7. The van der Waals surface area contributed by atoms with Crippen LogP contribution in [0.1, 0.15) is 331 Å². The van der Waals surface area contributed by atoms with Crippen molar-refractivity contribution in [2.75, 3.05) is 39.6 Å². The topological polar surface area (TPSA) is 158 Å². The fourth-order valence-corrected chi connectivity index (χ4v) is 10.6. The summed E-state index contributed by atoms with van der Waals surface area (Å²) < 4.78 is 33.2. The van der Waals surface area contributed by atoms with Crippen molar-refractivity contribution in [3.05, 3.63) is 106 Å². The summed E-state index contributed by atoms with van der Waals surface area (Å²) in [6.45, 7) is 28.5. The maximum absolute atomic E-state index is 12.6. The lowest BCUT2D eigenvalue weighted by atomic mass is 9.97. The SMILES string of the molecule is CCCCCC(CC)COC(=O)c1cccc(C(=O)OCC(CC)CCCC)c1.CCCCCC(CC)COC(=O)c1cccc(C(=O)OCC(CC)CCCC)c1.CCCCCC(CCC)COC(=O)c1cccc(C(=O)OCC(CCC)CCCC)c1. The minimum absolute atomic E-state index is 0.363. The molecule has 89 heavy (non-hydrogen) atoms. The number of carbonyl (C=O) groups is 6. The smallest absolute Gasteiger partial charge is 0.338 e. The second kappa shape index (κ2) is 53.2. The number of ether oxygens (including phenoxy) is 6. The summed E-state index contributed by atoms with van der Waals surface area (Å²) in [6.07, 6.45) is 32.4. The highest BCUT2D eigenvalue weighted by Crippen LogP contribution is 2.23. The van der Waals surface area contributed by atoms with Gasteiger partial charge in [0.1, 0.15) is 0 Å². The molecule has 0 amide bonds. The zero-order valence-corrected chi connectivity index (χ0v) is 58.0. The summed E-state index contributed by atoms with van der Waals surface area (Å²) in [5, 5.41) is 0. The summed E-state index contributed by atoms with van der Waals surface area (Å²) in [4.78, 5) is 74.7. The van der Waals surface area contributed by atoms with Crippen molar-refractivity contribution in [1.82, 2.24) is 0 Å². The summed E-state index contributed by atoms with van der Waals surface area (Å²) in [5.41, 5.74) is 2.43. The molecule has 0 heterocycles. The number of rotatable bonds is 47. The van der Waals surface area contributed by atoms with Crippen LogP contribution in [0.3, 0.4) is 0 Å². The second-order valence-corrected chi connectivity index (χ2v) is 24.7. The third-order valence-corrected chi connectivity index (χ3v) is 17.0. The molecule has 3 rings (SSSR count). The van der Waals surface area contributed by atoms with E-state index in [2.05, 4.69) is 83.1 Å². The number of unbranched alkanes of at least 4 members (excludes halogenated alkanes) is 9. The predicted octanol–water partition coefficient (Wildman–Crippen LogP) is 21.2. The fourth-order valence-electron chi connectivity index (χ4n) is 10.6. The molecule has 0 N–H and O–H groups in total. The molecule has 0 fully saturated rings. The van der Waals surface area contributed by atoms with Gasteiger partial charge in [-0.05, 0) is 141 Å². The van der Waals surface area contributed by atoms with Gasteiger partial charge in [-0.1, -0.05) is 236 Å². The first-order chi connectivity index (χ1) is 43.1. The molecule has 3 aromatic rings. The summed E-state index contributed by atoms with van der Waals surface area (Å²) in [5.74, 6) is 0.176. The Bertz CT molecular complexity index is 2220. The highest BCUT2D eigenvalue weighted by Gasteiger charge is 2.21. The molecule has 0 aromatic heterocycles. The van der Waals surface area contributed by atoms with Crippen LogP contribution in [-0.4, -0.2) is 75.5 Å². The quantitative estimate of drug-likeness (QED) is 0.0300. The summed E-state index contributed by atoms with van der Waals surface area (Å²) >= 11 is 0. The maximum Gasteiger partial charge on any atom is 0.338 e. The van der Waals surface area contributed by atoms with Gasteiger partial charge in [0.05, 0.1) is 73.0 Å². The van der Waals surface area contributed by atoms with E-state index in [4.69, 9.17) is 28.4 Å². The Kier molecular flexibility index (Phi) is 48.7. The molecule has 0 saturated heterocycles. The van der Waals surface area contributed by atoms with Crippen molar-refractivity contribution in [1.29, 1.82) is 0 Å². The Morgan fingerprint density at radius 3 is 0.640 bits per heavy atom. The monoisotopic (exact) mass is 1240 g/mol. The molecular weight excluding hydrogens is 1120 g/mol. The van der Waals surface area contributed by atoms with Crippen molar-refractivity contribution in [2.24, 2.45) is 35.5 Å². The molecule has 504 valence electrons. The van der Waals surface area contributed by atoms with Crippen molar-refractivity contribution >= 4 is 35.8 Å². The molecule has 6 atom stereocenters. The molecule has 3 aromatic carbocycles. The van der Waals surface area contributed by atoms with Gasteiger partial charge in [-0.2, -0.15) is 0 Å². The van der Waals surface area contributed by atoms with E-state index in [1.54, 1.807) is 72.8 Å².